The number of hydrogen-bond donors (Lipinski definition) is 2. The van der Waals surface area contributed by atoms with Gasteiger partial charge in [0.25, 0.3) is 5.91 Å². The van der Waals surface area contributed by atoms with Crippen LogP contribution in [0.5, 0.6) is 0 Å². The lowest BCUT2D eigenvalue weighted by Gasteiger charge is -2.30. The first kappa shape index (κ1) is 22.8. The van der Waals surface area contributed by atoms with Gasteiger partial charge in [-0.3, -0.25) is 14.9 Å². The van der Waals surface area contributed by atoms with E-state index in [0.717, 1.165) is 5.56 Å². The smallest absolute Gasteiger partial charge is 0.318 e. The van der Waals surface area contributed by atoms with Gasteiger partial charge in [0, 0.05) is 13.1 Å². The van der Waals surface area contributed by atoms with Gasteiger partial charge in [0.15, 0.2) is 6.10 Å². The molecule has 1 saturated heterocycles. The topological polar surface area (TPSA) is 136 Å². The van der Waals surface area contributed by atoms with Gasteiger partial charge in [-0.25, -0.2) is 13.2 Å². The molecule has 1 aromatic carbocycles. The van der Waals surface area contributed by atoms with E-state index < -0.39 is 40.0 Å². The van der Waals surface area contributed by atoms with E-state index in [9.17, 15) is 22.8 Å². The molecule has 0 radical (unpaired) electrons. The molecule has 1 aromatic rings. The Kier molecular flexibility index (Phi) is 7.37. The number of nitrogens with zero attached hydrogens (tertiary/aromatic N) is 1. The summed E-state index contributed by atoms with van der Waals surface area (Å²) in [5, 5.41) is 1.84. The van der Waals surface area contributed by atoms with Gasteiger partial charge < -0.3 is 10.5 Å². The van der Waals surface area contributed by atoms with Gasteiger partial charge in [-0.15, -0.1) is 0 Å². The number of ether oxygens (including phenoxy) is 1. The summed E-state index contributed by atoms with van der Waals surface area (Å²) in [6.07, 6.45) is -0.602. The highest BCUT2D eigenvalue weighted by Crippen LogP contribution is 2.26. The highest BCUT2D eigenvalue weighted by Gasteiger charge is 2.34. The molecule has 0 aliphatic carbocycles. The summed E-state index contributed by atoms with van der Waals surface area (Å²) >= 11 is 0. The molecule has 29 heavy (non-hydrogen) atoms. The summed E-state index contributed by atoms with van der Waals surface area (Å²) in [7, 11) is -3.64. The third kappa shape index (κ3) is 5.77. The van der Waals surface area contributed by atoms with Gasteiger partial charge in [0.2, 0.25) is 10.0 Å². The minimum Gasteiger partial charge on any atom is -0.452 e. The molecule has 1 fully saturated rings. The van der Waals surface area contributed by atoms with Gasteiger partial charge >= 0.3 is 12.0 Å². The van der Waals surface area contributed by atoms with Crippen molar-refractivity contribution in [3.8, 4) is 0 Å². The molecule has 0 unspecified atom stereocenters. The Morgan fingerprint density at radius 3 is 2.14 bits per heavy atom. The van der Waals surface area contributed by atoms with E-state index in [-0.39, 0.29) is 30.8 Å². The van der Waals surface area contributed by atoms with Crippen molar-refractivity contribution in [2.24, 2.45) is 11.7 Å². The van der Waals surface area contributed by atoms with E-state index in [0.29, 0.717) is 5.92 Å². The Morgan fingerprint density at radius 2 is 1.66 bits per heavy atom. The summed E-state index contributed by atoms with van der Waals surface area (Å²) < 4.78 is 32.1. The first-order valence-corrected chi connectivity index (χ1v) is 10.9. The van der Waals surface area contributed by atoms with E-state index in [1.165, 1.54) is 11.2 Å². The fourth-order valence-corrected chi connectivity index (χ4v) is 4.52. The molecule has 9 nitrogen and oxygen atoms in total. The summed E-state index contributed by atoms with van der Waals surface area (Å²) in [6, 6.07) is 5.78. The lowest BCUT2D eigenvalue weighted by Crippen LogP contribution is -2.44. The standard InChI is InChI=1S/C19H27N3O6S/c1-12(2)14-4-6-16(7-5-14)29(26,27)22-10-8-15(9-11-22)18(24)28-13(3)17(23)21-19(20)25/h4-7,12-13,15H,8-11H2,1-3H3,(H3,20,21,23,25)/t13-/m0/s1. The second-order valence-corrected chi connectivity index (χ2v) is 9.27. The maximum Gasteiger partial charge on any atom is 0.318 e. The van der Waals surface area contributed by atoms with Crippen LogP contribution in [0.3, 0.4) is 0 Å². The van der Waals surface area contributed by atoms with E-state index in [2.05, 4.69) is 0 Å². The van der Waals surface area contributed by atoms with Crippen LogP contribution in [0, 0.1) is 5.92 Å². The van der Waals surface area contributed by atoms with Gasteiger partial charge in [-0.2, -0.15) is 4.31 Å². The second kappa shape index (κ2) is 9.36. The molecule has 160 valence electrons. The average molecular weight is 426 g/mol. The van der Waals surface area contributed by atoms with Crippen molar-refractivity contribution in [2.75, 3.05) is 13.1 Å². The highest BCUT2D eigenvalue weighted by atomic mass is 32.2. The van der Waals surface area contributed by atoms with Crippen molar-refractivity contribution in [1.29, 1.82) is 0 Å². The van der Waals surface area contributed by atoms with Crippen LogP contribution in [0.4, 0.5) is 4.79 Å². The molecule has 1 heterocycles. The Hall–Kier alpha value is -2.46. The normalized spacial score (nSPS) is 17.0. The zero-order valence-corrected chi connectivity index (χ0v) is 17.6. The molecular weight excluding hydrogens is 398 g/mol. The minimum absolute atomic E-state index is 0.176. The minimum atomic E-state index is -3.64. The van der Waals surface area contributed by atoms with Gasteiger partial charge in [0.1, 0.15) is 0 Å². The summed E-state index contributed by atoms with van der Waals surface area (Å²) in [6.45, 7) is 5.75. The zero-order valence-electron chi connectivity index (χ0n) is 16.8. The first-order chi connectivity index (χ1) is 13.5. The van der Waals surface area contributed by atoms with Crippen molar-refractivity contribution in [3.05, 3.63) is 29.8 Å². The van der Waals surface area contributed by atoms with Crippen LogP contribution in [0.15, 0.2) is 29.2 Å². The van der Waals surface area contributed by atoms with Crippen LogP contribution in [0.1, 0.15) is 45.1 Å². The number of nitrogens with two attached hydrogens (primary N) is 1. The molecule has 0 saturated carbocycles. The van der Waals surface area contributed by atoms with Crippen molar-refractivity contribution in [1.82, 2.24) is 9.62 Å². The SMILES string of the molecule is CC(C)c1ccc(S(=O)(=O)N2CCC(C(=O)O[C@@H](C)C(=O)NC(N)=O)CC2)cc1. The second-order valence-electron chi connectivity index (χ2n) is 7.33. The molecule has 1 aliphatic rings. The van der Waals surface area contributed by atoms with Gasteiger partial charge in [-0.05, 0) is 43.4 Å². The number of carbonyl (C=O) groups excluding carboxylic acids is 3. The summed E-state index contributed by atoms with van der Waals surface area (Å²) in [5.74, 6) is -1.62. The Bertz CT molecular complexity index is 858. The van der Waals surface area contributed by atoms with Crippen molar-refractivity contribution >= 4 is 27.9 Å². The van der Waals surface area contributed by atoms with E-state index in [4.69, 9.17) is 10.5 Å². The van der Waals surface area contributed by atoms with E-state index in [1.54, 1.807) is 24.3 Å². The Morgan fingerprint density at radius 1 is 1.10 bits per heavy atom. The first-order valence-electron chi connectivity index (χ1n) is 9.43. The van der Waals surface area contributed by atoms with Crippen LogP contribution < -0.4 is 11.1 Å². The quantitative estimate of drug-likeness (QED) is 0.660. The Labute approximate surface area is 170 Å². The van der Waals surface area contributed by atoms with E-state index in [1.807, 2.05) is 19.2 Å². The maximum atomic E-state index is 12.8. The number of piperidine rings is 1. The number of sulfonamides is 1. The number of primary amides is 1. The lowest BCUT2D eigenvalue weighted by atomic mass is 9.98. The Balaban J connectivity index is 1.94. The number of urea groups is 1. The number of hydrogen-bond acceptors (Lipinski definition) is 6. The largest absolute Gasteiger partial charge is 0.452 e. The molecule has 0 bridgehead atoms. The molecule has 0 spiro atoms. The summed E-state index contributed by atoms with van der Waals surface area (Å²) in [5.41, 5.74) is 5.91. The number of imide groups is 1. The fourth-order valence-electron chi connectivity index (χ4n) is 3.05. The molecular formula is C19H27N3O6S. The van der Waals surface area contributed by atoms with E-state index >= 15 is 0 Å². The predicted octanol–water partition coefficient (Wildman–Crippen LogP) is 1.34. The molecule has 10 heteroatoms. The predicted molar refractivity (Wildman–Crippen MR) is 105 cm³/mol. The van der Waals surface area contributed by atoms with Crippen molar-refractivity contribution < 1.29 is 27.5 Å². The number of esters is 1. The average Bonchev–Trinajstić information content (AvgIpc) is 2.67. The van der Waals surface area contributed by atoms with Crippen molar-refractivity contribution in [3.63, 3.8) is 0 Å². The van der Waals surface area contributed by atoms with Gasteiger partial charge in [-0.1, -0.05) is 26.0 Å². The third-order valence-electron chi connectivity index (χ3n) is 4.88. The van der Waals surface area contributed by atoms with Crippen molar-refractivity contribution in [2.45, 2.75) is 50.5 Å². The van der Waals surface area contributed by atoms with Crippen LogP contribution in [0.25, 0.3) is 0 Å². The summed E-state index contributed by atoms with van der Waals surface area (Å²) in [4.78, 5) is 34.8. The monoisotopic (exact) mass is 425 g/mol. The number of benzene rings is 1. The number of nitrogens with one attached hydrogen (secondary N) is 1. The number of amides is 3. The fraction of sp³-hybridized carbons (Fsp3) is 0.526. The number of rotatable bonds is 6. The van der Waals surface area contributed by atoms with Crippen LogP contribution >= 0.6 is 0 Å². The van der Waals surface area contributed by atoms with Crippen LogP contribution in [0.2, 0.25) is 0 Å². The molecule has 1 aliphatic heterocycles. The number of carbonyl (C=O) groups is 3. The molecule has 3 N–H and O–H groups in total. The highest BCUT2D eigenvalue weighted by molar-refractivity contribution is 7.89. The maximum absolute atomic E-state index is 12.8. The molecule has 3 amide bonds. The lowest BCUT2D eigenvalue weighted by molar-refractivity contribution is -0.159. The van der Waals surface area contributed by atoms with Gasteiger partial charge in [0.05, 0.1) is 10.8 Å². The zero-order chi connectivity index (χ0) is 21.8. The molecule has 0 aromatic heterocycles. The third-order valence-corrected chi connectivity index (χ3v) is 6.79. The molecule has 2 rings (SSSR count). The molecule has 1 atom stereocenters. The van der Waals surface area contributed by atoms with Crippen LogP contribution in [-0.4, -0.2) is 49.8 Å². The van der Waals surface area contributed by atoms with Crippen LogP contribution in [-0.2, 0) is 24.3 Å².